The van der Waals surface area contributed by atoms with E-state index in [9.17, 15) is 4.79 Å². The molecule has 4 heteroatoms. The topological polar surface area (TPSA) is 29.5 Å². The Morgan fingerprint density at radius 3 is 2.86 bits per heavy atom. The fourth-order valence-electron chi connectivity index (χ4n) is 2.55. The quantitative estimate of drug-likeness (QED) is 0.514. The number of fused-ring (bicyclic) bond motifs is 1. The van der Waals surface area contributed by atoms with Crippen molar-refractivity contribution >= 4 is 27.5 Å². The van der Waals surface area contributed by atoms with Crippen molar-refractivity contribution in [1.29, 1.82) is 0 Å². The lowest BCUT2D eigenvalue weighted by molar-refractivity contribution is -0.118. The number of amides is 1. The van der Waals surface area contributed by atoms with Crippen LogP contribution >= 0.6 is 15.9 Å². The van der Waals surface area contributed by atoms with Gasteiger partial charge in [-0.2, -0.15) is 0 Å². The SMILES string of the molecule is CCCCOc1ccc2c(c1)N(CCCCBr)C(=O)CC2. The van der Waals surface area contributed by atoms with Crippen LogP contribution in [0.2, 0.25) is 0 Å². The van der Waals surface area contributed by atoms with Crippen LogP contribution in [0.4, 0.5) is 5.69 Å². The van der Waals surface area contributed by atoms with E-state index in [1.807, 2.05) is 17.0 Å². The number of hydrogen-bond acceptors (Lipinski definition) is 2. The second-order valence-corrected chi connectivity index (χ2v) is 6.23. The molecule has 0 unspecified atom stereocenters. The number of nitrogens with zero attached hydrogens (tertiary/aromatic N) is 1. The van der Waals surface area contributed by atoms with E-state index < -0.39 is 0 Å². The van der Waals surface area contributed by atoms with Crippen molar-refractivity contribution in [3.8, 4) is 5.75 Å². The Labute approximate surface area is 135 Å². The Morgan fingerprint density at radius 2 is 2.10 bits per heavy atom. The summed E-state index contributed by atoms with van der Waals surface area (Å²) in [5.74, 6) is 1.12. The van der Waals surface area contributed by atoms with Gasteiger partial charge in [-0.15, -0.1) is 0 Å². The number of ether oxygens (including phenoxy) is 1. The molecule has 0 saturated carbocycles. The minimum absolute atomic E-state index is 0.239. The molecule has 1 aromatic rings. The molecular formula is C17H24BrNO2. The van der Waals surface area contributed by atoms with Gasteiger partial charge >= 0.3 is 0 Å². The number of aryl methyl sites for hydroxylation is 1. The molecular weight excluding hydrogens is 330 g/mol. The summed E-state index contributed by atoms with van der Waals surface area (Å²) in [6.07, 6.45) is 5.77. The van der Waals surface area contributed by atoms with Crippen LogP contribution in [0, 0.1) is 0 Å². The van der Waals surface area contributed by atoms with Crippen LogP contribution in [0.15, 0.2) is 18.2 Å². The highest BCUT2D eigenvalue weighted by Crippen LogP contribution is 2.32. The van der Waals surface area contributed by atoms with Crippen molar-refractivity contribution in [1.82, 2.24) is 0 Å². The molecule has 0 N–H and O–H groups in total. The maximum Gasteiger partial charge on any atom is 0.227 e. The predicted molar refractivity (Wildman–Crippen MR) is 90.5 cm³/mol. The van der Waals surface area contributed by atoms with Crippen molar-refractivity contribution in [2.45, 2.75) is 45.4 Å². The van der Waals surface area contributed by atoms with Crippen LogP contribution in [0.3, 0.4) is 0 Å². The molecule has 1 heterocycles. The highest BCUT2D eigenvalue weighted by atomic mass is 79.9. The van der Waals surface area contributed by atoms with Crippen LogP contribution in [-0.2, 0) is 11.2 Å². The Bertz CT molecular complexity index is 476. The molecule has 2 rings (SSSR count). The van der Waals surface area contributed by atoms with E-state index in [-0.39, 0.29) is 5.91 Å². The first kappa shape index (κ1) is 16.3. The number of benzene rings is 1. The van der Waals surface area contributed by atoms with E-state index in [4.69, 9.17) is 4.74 Å². The number of hydrogen-bond donors (Lipinski definition) is 0. The number of anilines is 1. The molecule has 1 aliphatic heterocycles. The normalized spacial score (nSPS) is 14.2. The molecule has 0 fully saturated rings. The van der Waals surface area contributed by atoms with Gasteiger partial charge in [0.1, 0.15) is 5.75 Å². The fourth-order valence-corrected chi connectivity index (χ4v) is 2.95. The Hall–Kier alpha value is -1.03. The first-order valence-corrected chi connectivity index (χ1v) is 9.00. The van der Waals surface area contributed by atoms with Gasteiger partial charge in [0.05, 0.1) is 12.3 Å². The summed E-state index contributed by atoms with van der Waals surface area (Å²) in [7, 11) is 0. The van der Waals surface area contributed by atoms with Gasteiger partial charge in [0.15, 0.2) is 0 Å². The number of halogens is 1. The van der Waals surface area contributed by atoms with Gasteiger partial charge in [-0.3, -0.25) is 4.79 Å². The number of rotatable bonds is 8. The Morgan fingerprint density at radius 1 is 1.24 bits per heavy atom. The van der Waals surface area contributed by atoms with Crippen LogP contribution in [0.5, 0.6) is 5.75 Å². The zero-order chi connectivity index (χ0) is 15.1. The third kappa shape index (κ3) is 4.47. The van der Waals surface area contributed by atoms with Crippen LogP contribution in [0.1, 0.15) is 44.6 Å². The molecule has 1 aliphatic rings. The lowest BCUT2D eigenvalue weighted by Gasteiger charge is -2.30. The lowest BCUT2D eigenvalue weighted by atomic mass is 10.0. The molecule has 0 spiro atoms. The van der Waals surface area contributed by atoms with E-state index in [2.05, 4.69) is 28.9 Å². The Balaban J connectivity index is 2.10. The number of alkyl halides is 1. The molecule has 0 bridgehead atoms. The van der Waals surface area contributed by atoms with Gasteiger partial charge < -0.3 is 9.64 Å². The van der Waals surface area contributed by atoms with E-state index in [0.29, 0.717) is 6.42 Å². The zero-order valence-corrected chi connectivity index (χ0v) is 14.3. The fraction of sp³-hybridized carbons (Fsp3) is 0.588. The number of carbonyl (C=O) groups excluding carboxylic acids is 1. The molecule has 0 aliphatic carbocycles. The van der Waals surface area contributed by atoms with E-state index >= 15 is 0 Å². The highest BCUT2D eigenvalue weighted by Gasteiger charge is 2.24. The number of carbonyl (C=O) groups is 1. The maximum absolute atomic E-state index is 12.2. The molecule has 0 aromatic heterocycles. The van der Waals surface area contributed by atoms with E-state index in [1.54, 1.807) is 0 Å². The lowest BCUT2D eigenvalue weighted by Crippen LogP contribution is -2.35. The van der Waals surface area contributed by atoms with Gasteiger partial charge in [0, 0.05) is 24.4 Å². The summed E-state index contributed by atoms with van der Waals surface area (Å²) in [4.78, 5) is 14.1. The van der Waals surface area contributed by atoms with Gasteiger partial charge in [0.25, 0.3) is 0 Å². The van der Waals surface area contributed by atoms with Crippen molar-refractivity contribution in [2.75, 3.05) is 23.4 Å². The van der Waals surface area contributed by atoms with Crippen LogP contribution in [0.25, 0.3) is 0 Å². The smallest absolute Gasteiger partial charge is 0.227 e. The minimum Gasteiger partial charge on any atom is -0.494 e. The van der Waals surface area contributed by atoms with Crippen LogP contribution < -0.4 is 9.64 Å². The third-order valence-corrected chi connectivity index (χ3v) is 4.35. The van der Waals surface area contributed by atoms with Crippen molar-refractivity contribution < 1.29 is 9.53 Å². The van der Waals surface area contributed by atoms with Crippen LogP contribution in [-0.4, -0.2) is 24.4 Å². The average Bonchev–Trinajstić information content (AvgIpc) is 2.50. The first-order chi connectivity index (χ1) is 10.3. The summed E-state index contributed by atoms with van der Waals surface area (Å²) in [6.45, 7) is 3.70. The molecule has 116 valence electrons. The van der Waals surface area contributed by atoms with Crippen molar-refractivity contribution in [3.05, 3.63) is 23.8 Å². The molecule has 1 amide bonds. The summed E-state index contributed by atoms with van der Waals surface area (Å²) in [6, 6.07) is 6.18. The van der Waals surface area contributed by atoms with Crippen molar-refractivity contribution in [3.63, 3.8) is 0 Å². The highest BCUT2D eigenvalue weighted by molar-refractivity contribution is 9.09. The maximum atomic E-state index is 12.2. The summed E-state index contributed by atoms with van der Waals surface area (Å²) in [5, 5.41) is 0.988. The first-order valence-electron chi connectivity index (χ1n) is 7.88. The third-order valence-electron chi connectivity index (χ3n) is 3.79. The molecule has 21 heavy (non-hydrogen) atoms. The molecule has 0 saturated heterocycles. The minimum atomic E-state index is 0.239. The van der Waals surface area contributed by atoms with Gasteiger partial charge in [-0.25, -0.2) is 0 Å². The monoisotopic (exact) mass is 353 g/mol. The summed E-state index contributed by atoms with van der Waals surface area (Å²) >= 11 is 3.44. The second kappa shape index (κ2) is 8.42. The molecule has 1 aromatic carbocycles. The average molecular weight is 354 g/mol. The standard InChI is InChI=1S/C17H24BrNO2/c1-2-3-12-21-15-8-6-14-7-9-17(20)19(16(14)13-15)11-5-4-10-18/h6,8,13H,2-5,7,9-12H2,1H3. The summed E-state index contributed by atoms with van der Waals surface area (Å²) in [5.41, 5.74) is 2.31. The molecule has 0 atom stereocenters. The molecule has 3 nitrogen and oxygen atoms in total. The van der Waals surface area contributed by atoms with E-state index in [0.717, 1.165) is 62.0 Å². The van der Waals surface area contributed by atoms with Gasteiger partial charge in [0.2, 0.25) is 5.91 Å². The molecule has 0 radical (unpaired) electrons. The largest absolute Gasteiger partial charge is 0.494 e. The Kier molecular flexibility index (Phi) is 6.55. The van der Waals surface area contributed by atoms with Gasteiger partial charge in [-0.1, -0.05) is 35.3 Å². The van der Waals surface area contributed by atoms with Crippen molar-refractivity contribution in [2.24, 2.45) is 0 Å². The summed E-state index contributed by atoms with van der Waals surface area (Å²) < 4.78 is 5.78. The number of unbranched alkanes of at least 4 members (excludes halogenated alkanes) is 2. The second-order valence-electron chi connectivity index (χ2n) is 5.43. The zero-order valence-electron chi connectivity index (χ0n) is 12.7. The van der Waals surface area contributed by atoms with Gasteiger partial charge in [-0.05, 0) is 37.3 Å². The predicted octanol–water partition coefficient (Wildman–Crippen LogP) is 4.32. The van der Waals surface area contributed by atoms with E-state index in [1.165, 1.54) is 5.56 Å².